The molecule has 1 N–H and O–H groups in total. The molecule has 1 fully saturated rings. The van der Waals surface area contributed by atoms with Crippen molar-refractivity contribution in [1.82, 2.24) is 15.5 Å². The summed E-state index contributed by atoms with van der Waals surface area (Å²) < 4.78 is 5.28. The predicted octanol–water partition coefficient (Wildman–Crippen LogP) is 2.09. The van der Waals surface area contributed by atoms with Gasteiger partial charge in [-0.1, -0.05) is 12.1 Å². The van der Waals surface area contributed by atoms with Gasteiger partial charge in [-0.05, 0) is 12.2 Å². The molecule has 0 amide bonds. The molecule has 1 atom stereocenters. The normalized spacial score (nSPS) is 21.2. The van der Waals surface area contributed by atoms with Crippen LogP contribution in [0.15, 0.2) is 4.52 Å². The lowest BCUT2D eigenvalue weighted by atomic mass is 10.3. The molecule has 2 heterocycles. The van der Waals surface area contributed by atoms with E-state index in [1.54, 1.807) is 0 Å². The average molecular weight is 259 g/mol. The third-order valence-corrected chi connectivity index (χ3v) is 4.50. The van der Waals surface area contributed by atoms with Gasteiger partial charge < -0.3 is 9.84 Å². The van der Waals surface area contributed by atoms with Gasteiger partial charge in [-0.3, -0.25) is 0 Å². The van der Waals surface area contributed by atoms with E-state index >= 15 is 0 Å². The van der Waals surface area contributed by atoms with Gasteiger partial charge >= 0.3 is 0 Å². The van der Waals surface area contributed by atoms with Crippen LogP contribution in [0.25, 0.3) is 0 Å². The molecular weight excluding hydrogens is 242 g/mol. The second-order valence-corrected chi connectivity index (χ2v) is 5.94. The van der Waals surface area contributed by atoms with E-state index in [4.69, 9.17) is 4.52 Å². The van der Waals surface area contributed by atoms with E-state index in [1.807, 2.05) is 23.5 Å². The van der Waals surface area contributed by atoms with Crippen LogP contribution in [0.2, 0.25) is 0 Å². The number of hydrogen-bond donors (Lipinski definition) is 1. The maximum Gasteiger partial charge on any atom is 0.244 e. The first-order chi connectivity index (χ1) is 7.90. The van der Waals surface area contributed by atoms with Crippen molar-refractivity contribution in [2.45, 2.75) is 25.1 Å². The molecular formula is C10H17N3OS2. The van der Waals surface area contributed by atoms with Gasteiger partial charge in [-0.15, -0.1) is 0 Å². The zero-order valence-corrected chi connectivity index (χ0v) is 11.1. The van der Waals surface area contributed by atoms with Gasteiger partial charge in [0.1, 0.15) is 0 Å². The Kier molecular flexibility index (Phi) is 4.99. The fourth-order valence-corrected chi connectivity index (χ4v) is 3.16. The fraction of sp³-hybridized carbons (Fsp3) is 0.800. The minimum absolute atomic E-state index is 0.246. The lowest BCUT2D eigenvalue weighted by Crippen LogP contribution is -2.30. The van der Waals surface area contributed by atoms with Gasteiger partial charge in [0.2, 0.25) is 5.89 Å². The molecule has 6 heteroatoms. The van der Waals surface area contributed by atoms with Crippen LogP contribution in [-0.4, -0.2) is 33.9 Å². The maximum atomic E-state index is 5.28. The zero-order valence-electron chi connectivity index (χ0n) is 9.44. The number of hydrogen-bond acceptors (Lipinski definition) is 6. The van der Waals surface area contributed by atoms with Gasteiger partial charge in [0.05, 0.1) is 11.8 Å². The number of aromatic nitrogens is 2. The minimum Gasteiger partial charge on any atom is -0.338 e. The lowest BCUT2D eigenvalue weighted by molar-refractivity contribution is 0.339. The molecule has 16 heavy (non-hydrogen) atoms. The summed E-state index contributed by atoms with van der Waals surface area (Å²) in [6, 6.07) is 0.246. The van der Waals surface area contributed by atoms with Crippen LogP contribution in [0.4, 0.5) is 0 Å². The van der Waals surface area contributed by atoms with Gasteiger partial charge in [-0.25, -0.2) is 0 Å². The second-order valence-electron chi connectivity index (χ2n) is 3.68. The Labute approximate surface area is 104 Å². The van der Waals surface area contributed by atoms with Crippen LogP contribution in [0.5, 0.6) is 0 Å². The first-order valence-electron chi connectivity index (χ1n) is 5.61. The number of thioether (sulfide) groups is 2. The Morgan fingerprint density at radius 2 is 2.56 bits per heavy atom. The standard InChI is InChI=1S/C10H17N3OS2/c1-2-4-15-7-9-12-10(14-13-9)8-6-16-5-3-11-8/h8,11H,2-7H2,1H3. The Bertz CT molecular complexity index is 313. The number of nitrogens with one attached hydrogen (secondary N) is 1. The molecule has 0 aromatic carbocycles. The molecule has 1 saturated heterocycles. The highest BCUT2D eigenvalue weighted by atomic mass is 32.2. The molecule has 2 rings (SSSR count). The van der Waals surface area contributed by atoms with Crippen molar-refractivity contribution >= 4 is 23.5 Å². The molecule has 4 nitrogen and oxygen atoms in total. The predicted molar refractivity (Wildman–Crippen MR) is 68.8 cm³/mol. The van der Waals surface area contributed by atoms with E-state index in [0.29, 0.717) is 0 Å². The summed E-state index contributed by atoms with van der Waals surface area (Å²) in [7, 11) is 0. The highest BCUT2D eigenvalue weighted by Gasteiger charge is 2.21. The number of rotatable bonds is 5. The van der Waals surface area contributed by atoms with Crippen LogP contribution >= 0.6 is 23.5 Å². The second kappa shape index (κ2) is 6.51. The third kappa shape index (κ3) is 3.40. The van der Waals surface area contributed by atoms with E-state index in [2.05, 4.69) is 22.4 Å². The van der Waals surface area contributed by atoms with E-state index in [1.165, 1.54) is 12.2 Å². The molecule has 1 aliphatic rings. The summed E-state index contributed by atoms with van der Waals surface area (Å²) in [6.45, 7) is 3.20. The van der Waals surface area contributed by atoms with Crippen molar-refractivity contribution in [3.63, 3.8) is 0 Å². The Hall–Kier alpha value is -0.200. The van der Waals surface area contributed by atoms with Crippen LogP contribution in [0, 0.1) is 0 Å². The third-order valence-electron chi connectivity index (χ3n) is 2.28. The summed E-state index contributed by atoms with van der Waals surface area (Å²) in [5.41, 5.74) is 0. The average Bonchev–Trinajstić information content (AvgIpc) is 2.79. The molecule has 0 spiro atoms. The van der Waals surface area contributed by atoms with Crippen LogP contribution in [-0.2, 0) is 5.75 Å². The number of nitrogens with zero attached hydrogens (tertiary/aromatic N) is 2. The Morgan fingerprint density at radius 1 is 1.62 bits per heavy atom. The highest BCUT2D eigenvalue weighted by Crippen LogP contribution is 2.21. The molecule has 1 aromatic rings. The maximum absolute atomic E-state index is 5.28. The lowest BCUT2D eigenvalue weighted by Gasteiger charge is -2.19. The molecule has 90 valence electrons. The van der Waals surface area contributed by atoms with Crippen molar-refractivity contribution in [3.8, 4) is 0 Å². The van der Waals surface area contributed by atoms with Crippen molar-refractivity contribution in [3.05, 3.63) is 11.7 Å². The van der Waals surface area contributed by atoms with Crippen molar-refractivity contribution in [2.75, 3.05) is 23.8 Å². The van der Waals surface area contributed by atoms with Gasteiger partial charge in [0, 0.05) is 18.1 Å². The van der Waals surface area contributed by atoms with E-state index in [9.17, 15) is 0 Å². The van der Waals surface area contributed by atoms with Crippen LogP contribution in [0.1, 0.15) is 31.1 Å². The largest absolute Gasteiger partial charge is 0.338 e. The monoisotopic (exact) mass is 259 g/mol. The summed E-state index contributed by atoms with van der Waals surface area (Å²) in [5, 5.41) is 7.40. The molecule has 1 aliphatic heterocycles. The molecule has 0 bridgehead atoms. The quantitative estimate of drug-likeness (QED) is 0.817. The van der Waals surface area contributed by atoms with Gasteiger partial charge in [-0.2, -0.15) is 28.5 Å². The Morgan fingerprint density at radius 3 is 3.31 bits per heavy atom. The molecule has 1 unspecified atom stereocenters. The smallest absolute Gasteiger partial charge is 0.244 e. The highest BCUT2D eigenvalue weighted by molar-refractivity contribution is 7.99. The molecule has 0 radical (unpaired) electrons. The minimum atomic E-state index is 0.246. The molecule has 0 aliphatic carbocycles. The Balaban J connectivity index is 1.85. The first kappa shape index (κ1) is 12.3. The summed E-state index contributed by atoms with van der Waals surface area (Å²) in [4.78, 5) is 4.43. The molecule has 0 saturated carbocycles. The topological polar surface area (TPSA) is 51.0 Å². The van der Waals surface area contributed by atoms with E-state index < -0.39 is 0 Å². The van der Waals surface area contributed by atoms with Gasteiger partial charge in [0.25, 0.3) is 0 Å². The fourth-order valence-electron chi connectivity index (χ4n) is 1.50. The van der Waals surface area contributed by atoms with Gasteiger partial charge in [0.15, 0.2) is 5.82 Å². The van der Waals surface area contributed by atoms with Crippen molar-refractivity contribution < 1.29 is 4.52 Å². The van der Waals surface area contributed by atoms with Crippen LogP contribution < -0.4 is 5.32 Å². The van der Waals surface area contributed by atoms with Crippen molar-refractivity contribution in [2.24, 2.45) is 0 Å². The first-order valence-corrected chi connectivity index (χ1v) is 7.92. The van der Waals surface area contributed by atoms with E-state index in [0.717, 1.165) is 35.5 Å². The summed E-state index contributed by atoms with van der Waals surface area (Å²) >= 11 is 3.79. The van der Waals surface area contributed by atoms with E-state index in [-0.39, 0.29) is 6.04 Å². The summed E-state index contributed by atoms with van der Waals surface area (Å²) in [6.07, 6.45) is 1.19. The SMILES string of the molecule is CCCSCc1noc(C2CSCCN2)n1. The summed E-state index contributed by atoms with van der Waals surface area (Å²) in [5.74, 6) is 5.79. The molecule has 1 aromatic heterocycles. The van der Waals surface area contributed by atoms with Crippen LogP contribution in [0.3, 0.4) is 0 Å². The zero-order chi connectivity index (χ0) is 11.2. The van der Waals surface area contributed by atoms with Crippen molar-refractivity contribution in [1.29, 1.82) is 0 Å².